The zero-order chi connectivity index (χ0) is 29.7. The fourth-order valence-electron chi connectivity index (χ4n) is 4.20. The van der Waals surface area contributed by atoms with Gasteiger partial charge in [0, 0.05) is 20.0 Å². The van der Waals surface area contributed by atoms with E-state index in [0.29, 0.717) is 15.9 Å². The van der Waals surface area contributed by atoms with Crippen molar-refractivity contribution in [3.63, 3.8) is 0 Å². The number of carbonyl (C=O) groups is 2. The topological polar surface area (TPSA) is 86.8 Å². The SMILES string of the molecule is CNC(=O)C(Cc1ccccc1)N(Cc1cccc(C)c1)C(=O)CN(c1cc(C(F)(F)F)ccc1Cl)S(C)(=O)=O. The van der Waals surface area contributed by atoms with E-state index in [0.717, 1.165) is 29.5 Å². The molecule has 0 aromatic heterocycles. The number of anilines is 1. The molecule has 3 aromatic carbocycles. The summed E-state index contributed by atoms with van der Waals surface area (Å²) in [7, 11) is -2.87. The largest absolute Gasteiger partial charge is 0.416 e. The summed E-state index contributed by atoms with van der Waals surface area (Å²) >= 11 is 6.14. The van der Waals surface area contributed by atoms with Crippen LogP contribution in [-0.2, 0) is 38.8 Å². The van der Waals surface area contributed by atoms with E-state index in [2.05, 4.69) is 5.32 Å². The normalized spacial score (nSPS) is 12.5. The fourth-order valence-corrected chi connectivity index (χ4v) is 5.33. The van der Waals surface area contributed by atoms with Gasteiger partial charge in [0.05, 0.1) is 22.5 Å². The van der Waals surface area contributed by atoms with Crippen molar-refractivity contribution in [1.82, 2.24) is 10.2 Å². The molecule has 0 radical (unpaired) electrons. The fraction of sp³-hybridized carbons (Fsp3) is 0.286. The molecule has 0 saturated carbocycles. The zero-order valence-corrected chi connectivity index (χ0v) is 23.6. The number of sulfonamides is 1. The molecule has 12 heteroatoms. The number of halogens is 4. The minimum absolute atomic E-state index is 0.0562. The molecule has 2 amide bonds. The number of hydrogen-bond acceptors (Lipinski definition) is 4. The van der Waals surface area contributed by atoms with Gasteiger partial charge in [0.1, 0.15) is 12.6 Å². The monoisotopic (exact) mass is 595 g/mol. The van der Waals surface area contributed by atoms with Crippen LogP contribution in [-0.4, -0.2) is 51.0 Å². The summed E-state index contributed by atoms with van der Waals surface area (Å²) in [6, 6.07) is 17.3. The van der Waals surface area contributed by atoms with Crippen molar-refractivity contribution < 1.29 is 31.2 Å². The molecule has 0 aliphatic carbocycles. The Bertz CT molecular complexity index is 1470. The molecule has 0 heterocycles. The van der Waals surface area contributed by atoms with E-state index in [1.165, 1.54) is 11.9 Å². The minimum atomic E-state index is -4.77. The number of nitrogens with zero attached hydrogens (tertiary/aromatic N) is 2. The van der Waals surface area contributed by atoms with Gasteiger partial charge in [-0.25, -0.2) is 8.42 Å². The number of amides is 2. The van der Waals surface area contributed by atoms with Crippen molar-refractivity contribution in [2.75, 3.05) is 24.2 Å². The number of likely N-dealkylation sites (N-methyl/N-ethyl adjacent to an activating group) is 1. The number of nitrogens with one attached hydrogen (secondary N) is 1. The molecule has 214 valence electrons. The second kappa shape index (κ2) is 12.7. The van der Waals surface area contributed by atoms with Crippen molar-refractivity contribution >= 4 is 39.1 Å². The maximum absolute atomic E-state index is 13.9. The average Bonchev–Trinajstić information content (AvgIpc) is 2.88. The van der Waals surface area contributed by atoms with E-state index >= 15 is 0 Å². The molecular weight excluding hydrogens is 567 g/mol. The van der Waals surface area contributed by atoms with Crippen LogP contribution >= 0.6 is 11.6 Å². The van der Waals surface area contributed by atoms with Gasteiger partial charge in [-0.2, -0.15) is 13.2 Å². The molecule has 40 heavy (non-hydrogen) atoms. The van der Waals surface area contributed by atoms with Gasteiger partial charge in [0.2, 0.25) is 21.8 Å². The first-order valence-corrected chi connectivity index (χ1v) is 14.4. The van der Waals surface area contributed by atoms with Crippen LogP contribution in [0.3, 0.4) is 0 Å². The molecule has 0 aliphatic rings. The van der Waals surface area contributed by atoms with Crippen molar-refractivity contribution in [3.05, 3.63) is 100 Å². The van der Waals surface area contributed by atoms with Crippen LogP contribution in [0.15, 0.2) is 72.8 Å². The highest BCUT2D eigenvalue weighted by Gasteiger charge is 2.35. The van der Waals surface area contributed by atoms with Gasteiger partial charge in [-0.05, 0) is 36.2 Å². The molecule has 0 bridgehead atoms. The van der Waals surface area contributed by atoms with Crippen LogP contribution in [0.4, 0.5) is 18.9 Å². The van der Waals surface area contributed by atoms with Crippen LogP contribution < -0.4 is 9.62 Å². The van der Waals surface area contributed by atoms with Crippen LogP contribution in [0.5, 0.6) is 0 Å². The lowest BCUT2D eigenvalue weighted by molar-refractivity contribution is -0.139. The highest BCUT2D eigenvalue weighted by molar-refractivity contribution is 7.92. The summed E-state index contributed by atoms with van der Waals surface area (Å²) in [4.78, 5) is 28.2. The molecular formula is C28H29ClF3N3O4S. The van der Waals surface area contributed by atoms with E-state index in [4.69, 9.17) is 11.6 Å². The summed E-state index contributed by atoms with van der Waals surface area (Å²) in [5, 5.41) is 2.27. The van der Waals surface area contributed by atoms with E-state index in [1.54, 1.807) is 42.5 Å². The number of aryl methyl sites for hydroxylation is 1. The maximum atomic E-state index is 13.9. The van der Waals surface area contributed by atoms with Crippen molar-refractivity contribution in [3.8, 4) is 0 Å². The summed E-state index contributed by atoms with van der Waals surface area (Å²) in [5.41, 5.74) is 0.703. The van der Waals surface area contributed by atoms with Gasteiger partial charge in [-0.15, -0.1) is 0 Å². The Morgan fingerprint density at radius 1 is 0.975 bits per heavy atom. The Hall–Kier alpha value is -3.57. The summed E-state index contributed by atoms with van der Waals surface area (Å²) in [5.74, 6) is -1.29. The lowest BCUT2D eigenvalue weighted by Crippen LogP contribution is -2.53. The quantitative estimate of drug-likeness (QED) is 0.364. The van der Waals surface area contributed by atoms with E-state index in [9.17, 15) is 31.2 Å². The molecule has 1 unspecified atom stereocenters. The standard InChI is InChI=1S/C28H29ClF3N3O4S/c1-19-8-7-11-21(14-19)17-34(25(27(37)33-2)15-20-9-5-4-6-10-20)26(36)18-35(40(3,38)39)24-16-22(28(30,31)32)12-13-23(24)29/h4-14,16,25H,15,17-18H2,1-3H3,(H,33,37). The highest BCUT2D eigenvalue weighted by atomic mass is 35.5. The molecule has 3 aromatic rings. The lowest BCUT2D eigenvalue weighted by Gasteiger charge is -2.33. The van der Waals surface area contributed by atoms with Crippen molar-refractivity contribution in [2.45, 2.75) is 32.1 Å². The summed E-state index contributed by atoms with van der Waals surface area (Å²) < 4.78 is 66.4. The Morgan fingerprint density at radius 3 is 2.20 bits per heavy atom. The van der Waals surface area contributed by atoms with Gasteiger partial charge in [-0.1, -0.05) is 71.8 Å². The highest BCUT2D eigenvalue weighted by Crippen LogP contribution is 2.36. The second-order valence-corrected chi connectivity index (χ2v) is 11.6. The predicted octanol–water partition coefficient (Wildman–Crippen LogP) is 4.82. The van der Waals surface area contributed by atoms with Gasteiger partial charge < -0.3 is 10.2 Å². The molecule has 0 fully saturated rings. The van der Waals surface area contributed by atoms with Crippen LogP contribution in [0.2, 0.25) is 5.02 Å². The summed E-state index contributed by atoms with van der Waals surface area (Å²) in [6.07, 6.45) is -3.90. The van der Waals surface area contributed by atoms with Gasteiger partial charge in [0.25, 0.3) is 0 Å². The van der Waals surface area contributed by atoms with Crippen LogP contribution in [0, 0.1) is 6.92 Å². The Balaban J connectivity index is 2.09. The van der Waals surface area contributed by atoms with Crippen LogP contribution in [0.1, 0.15) is 22.3 Å². The van der Waals surface area contributed by atoms with Gasteiger partial charge in [0.15, 0.2) is 0 Å². The number of rotatable bonds is 10. The first-order valence-electron chi connectivity index (χ1n) is 12.2. The molecule has 1 N–H and O–H groups in total. The number of hydrogen-bond donors (Lipinski definition) is 1. The first-order chi connectivity index (χ1) is 18.7. The third-order valence-corrected chi connectivity index (χ3v) is 7.62. The number of carbonyl (C=O) groups excluding carboxylic acids is 2. The lowest BCUT2D eigenvalue weighted by atomic mass is 10.0. The average molecular weight is 596 g/mol. The van der Waals surface area contributed by atoms with E-state index < -0.39 is 51.9 Å². The first kappa shape index (κ1) is 31.0. The van der Waals surface area contributed by atoms with Gasteiger partial charge >= 0.3 is 6.18 Å². The third-order valence-electron chi connectivity index (χ3n) is 6.17. The Labute approximate surface area is 236 Å². The molecule has 0 spiro atoms. The Kier molecular flexibility index (Phi) is 9.86. The molecule has 0 saturated heterocycles. The van der Waals surface area contributed by atoms with E-state index in [-0.39, 0.29) is 18.0 Å². The molecule has 1 atom stereocenters. The second-order valence-electron chi connectivity index (χ2n) is 9.26. The van der Waals surface area contributed by atoms with E-state index in [1.807, 2.05) is 19.1 Å². The molecule has 7 nitrogen and oxygen atoms in total. The Morgan fingerprint density at radius 2 is 1.62 bits per heavy atom. The van der Waals surface area contributed by atoms with Crippen molar-refractivity contribution in [1.29, 1.82) is 0 Å². The van der Waals surface area contributed by atoms with Crippen molar-refractivity contribution in [2.24, 2.45) is 0 Å². The maximum Gasteiger partial charge on any atom is 0.416 e. The number of alkyl halides is 3. The predicted molar refractivity (Wildman–Crippen MR) is 148 cm³/mol. The third kappa shape index (κ3) is 7.98. The van der Waals surface area contributed by atoms with Crippen LogP contribution in [0.25, 0.3) is 0 Å². The smallest absolute Gasteiger partial charge is 0.357 e. The zero-order valence-electron chi connectivity index (χ0n) is 22.1. The molecule has 0 aliphatic heterocycles. The minimum Gasteiger partial charge on any atom is -0.357 e. The number of benzene rings is 3. The molecule has 3 rings (SSSR count). The summed E-state index contributed by atoms with van der Waals surface area (Å²) in [6.45, 7) is 0.921. The van der Waals surface area contributed by atoms with Gasteiger partial charge in [-0.3, -0.25) is 13.9 Å².